The molecule has 1 aromatic rings. The Morgan fingerprint density at radius 3 is 2.76 bits per heavy atom. The van der Waals surface area contributed by atoms with Crippen LogP contribution >= 0.6 is 15.9 Å². The Morgan fingerprint density at radius 2 is 2.24 bits per heavy atom. The number of halogens is 1. The summed E-state index contributed by atoms with van der Waals surface area (Å²) in [6.45, 7) is 5.05. The maximum absolute atomic E-state index is 12.2. The minimum absolute atomic E-state index is 0.000370. The highest BCUT2D eigenvalue weighted by Crippen LogP contribution is 2.18. The molecule has 17 heavy (non-hydrogen) atoms. The van der Waals surface area contributed by atoms with Crippen LogP contribution in [0.5, 0.6) is 0 Å². The lowest BCUT2D eigenvalue weighted by atomic mass is 10.1. The zero-order valence-electron chi connectivity index (χ0n) is 10.2. The van der Waals surface area contributed by atoms with Crippen LogP contribution in [0.15, 0.2) is 22.7 Å². The third-order valence-corrected chi connectivity index (χ3v) is 3.36. The number of nitrogens with zero attached hydrogens (tertiary/aromatic N) is 1. The molecule has 0 saturated carbocycles. The molecule has 0 aliphatic carbocycles. The average molecular weight is 294 g/mol. The van der Waals surface area contributed by atoms with E-state index in [1.807, 2.05) is 32.0 Å². The standard InChI is InChI=1S/C14H16BrNO/c1-4-8-16(9-5-2)14(17)12-6-7-13(15)11(3)10-12/h1,6-7,10H,5,8-9H2,2-3H3. The number of carbonyl (C=O) groups excluding carboxylic acids is 1. The van der Waals surface area contributed by atoms with Crippen molar-refractivity contribution in [3.63, 3.8) is 0 Å². The first kappa shape index (κ1) is 13.8. The number of amides is 1. The normalized spacial score (nSPS) is 9.76. The van der Waals surface area contributed by atoms with Crippen LogP contribution in [0.3, 0.4) is 0 Å². The van der Waals surface area contributed by atoms with Crippen LogP contribution in [-0.4, -0.2) is 23.9 Å². The summed E-state index contributed by atoms with van der Waals surface area (Å²) in [5.74, 6) is 2.53. The first-order chi connectivity index (χ1) is 8.10. The minimum Gasteiger partial charge on any atom is -0.328 e. The quantitative estimate of drug-likeness (QED) is 0.781. The second kappa shape index (κ2) is 6.46. The molecule has 0 spiro atoms. The van der Waals surface area contributed by atoms with E-state index in [0.29, 0.717) is 18.7 Å². The van der Waals surface area contributed by atoms with Crippen LogP contribution in [0.2, 0.25) is 0 Å². The topological polar surface area (TPSA) is 20.3 Å². The second-order valence-corrected chi connectivity index (χ2v) is 4.75. The third kappa shape index (κ3) is 3.61. The van der Waals surface area contributed by atoms with Crippen LogP contribution in [0.25, 0.3) is 0 Å². The average Bonchev–Trinajstić information content (AvgIpc) is 2.31. The van der Waals surface area contributed by atoms with E-state index in [2.05, 4.69) is 21.9 Å². The molecular weight excluding hydrogens is 278 g/mol. The van der Waals surface area contributed by atoms with E-state index in [0.717, 1.165) is 16.5 Å². The van der Waals surface area contributed by atoms with Crippen LogP contribution in [0, 0.1) is 19.3 Å². The first-order valence-corrected chi connectivity index (χ1v) is 6.38. The molecule has 3 heteroatoms. The molecule has 1 rings (SSSR count). The third-order valence-electron chi connectivity index (χ3n) is 2.47. The number of hydrogen-bond acceptors (Lipinski definition) is 1. The molecule has 0 N–H and O–H groups in total. The number of rotatable bonds is 4. The zero-order chi connectivity index (χ0) is 12.8. The van der Waals surface area contributed by atoms with Crippen molar-refractivity contribution < 1.29 is 4.79 Å². The molecule has 1 aromatic carbocycles. The van der Waals surface area contributed by atoms with Gasteiger partial charge in [-0.15, -0.1) is 6.42 Å². The smallest absolute Gasteiger partial charge is 0.254 e. The predicted octanol–water partition coefficient (Wildman–Crippen LogP) is 3.24. The highest BCUT2D eigenvalue weighted by atomic mass is 79.9. The lowest BCUT2D eigenvalue weighted by molar-refractivity contribution is 0.0777. The predicted molar refractivity (Wildman–Crippen MR) is 73.9 cm³/mol. The Morgan fingerprint density at radius 1 is 1.53 bits per heavy atom. The molecule has 0 aliphatic rings. The van der Waals surface area contributed by atoms with Gasteiger partial charge in [0.05, 0.1) is 6.54 Å². The van der Waals surface area contributed by atoms with Crippen molar-refractivity contribution in [3.8, 4) is 12.3 Å². The fourth-order valence-corrected chi connectivity index (χ4v) is 1.84. The molecule has 1 amide bonds. The van der Waals surface area contributed by atoms with Gasteiger partial charge in [0.15, 0.2) is 0 Å². The first-order valence-electron chi connectivity index (χ1n) is 5.59. The van der Waals surface area contributed by atoms with Gasteiger partial charge in [0, 0.05) is 16.6 Å². The summed E-state index contributed by atoms with van der Waals surface area (Å²) >= 11 is 3.42. The van der Waals surface area contributed by atoms with Crippen LogP contribution in [-0.2, 0) is 0 Å². The molecule has 0 saturated heterocycles. The van der Waals surface area contributed by atoms with Crippen LogP contribution in [0.1, 0.15) is 29.3 Å². The van der Waals surface area contributed by atoms with E-state index in [9.17, 15) is 4.79 Å². The Kier molecular flexibility index (Phi) is 5.24. The van der Waals surface area contributed by atoms with Gasteiger partial charge in [-0.05, 0) is 37.1 Å². The van der Waals surface area contributed by atoms with Gasteiger partial charge in [-0.1, -0.05) is 28.8 Å². The molecule has 0 heterocycles. The summed E-state index contributed by atoms with van der Waals surface area (Å²) in [5, 5.41) is 0. The van der Waals surface area contributed by atoms with Crippen molar-refractivity contribution in [1.29, 1.82) is 0 Å². The number of aryl methyl sites for hydroxylation is 1. The Bertz CT molecular complexity index is 448. The Labute approximate surface area is 111 Å². The molecule has 90 valence electrons. The van der Waals surface area contributed by atoms with Crippen LogP contribution < -0.4 is 0 Å². The molecule has 0 aromatic heterocycles. The summed E-state index contributed by atoms with van der Waals surface area (Å²) in [6.07, 6.45) is 6.18. The molecular formula is C14H16BrNO. The van der Waals surface area contributed by atoms with Gasteiger partial charge < -0.3 is 4.90 Å². The second-order valence-electron chi connectivity index (χ2n) is 3.89. The number of benzene rings is 1. The van der Waals surface area contributed by atoms with Gasteiger partial charge in [0.25, 0.3) is 5.91 Å². The highest BCUT2D eigenvalue weighted by molar-refractivity contribution is 9.10. The summed E-state index contributed by atoms with van der Waals surface area (Å²) < 4.78 is 1.01. The summed E-state index contributed by atoms with van der Waals surface area (Å²) in [7, 11) is 0. The fraction of sp³-hybridized carbons (Fsp3) is 0.357. The molecule has 0 aliphatic heterocycles. The summed E-state index contributed by atoms with van der Waals surface area (Å²) in [4.78, 5) is 13.9. The molecule has 0 unspecified atom stereocenters. The van der Waals surface area contributed by atoms with Crippen molar-refractivity contribution in [1.82, 2.24) is 4.90 Å². The van der Waals surface area contributed by atoms with Gasteiger partial charge in [-0.3, -0.25) is 4.79 Å². The monoisotopic (exact) mass is 293 g/mol. The highest BCUT2D eigenvalue weighted by Gasteiger charge is 2.14. The van der Waals surface area contributed by atoms with Gasteiger partial charge in [0.1, 0.15) is 0 Å². The lowest BCUT2D eigenvalue weighted by Crippen LogP contribution is -2.32. The maximum atomic E-state index is 12.2. The van der Waals surface area contributed by atoms with Gasteiger partial charge in [-0.2, -0.15) is 0 Å². The molecule has 0 bridgehead atoms. The summed E-state index contributed by atoms with van der Waals surface area (Å²) in [5.41, 5.74) is 1.74. The molecule has 0 atom stereocenters. The van der Waals surface area contributed by atoms with Gasteiger partial charge >= 0.3 is 0 Å². The minimum atomic E-state index is 0.000370. The molecule has 0 fully saturated rings. The van der Waals surface area contributed by atoms with Crippen molar-refractivity contribution in [2.75, 3.05) is 13.1 Å². The van der Waals surface area contributed by atoms with Crippen molar-refractivity contribution in [2.24, 2.45) is 0 Å². The van der Waals surface area contributed by atoms with Crippen molar-refractivity contribution >= 4 is 21.8 Å². The number of hydrogen-bond donors (Lipinski definition) is 0. The van der Waals surface area contributed by atoms with E-state index < -0.39 is 0 Å². The SMILES string of the molecule is C#CCN(CCC)C(=O)c1ccc(Br)c(C)c1. The van der Waals surface area contributed by atoms with E-state index >= 15 is 0 Å². The fourth-order valence-electron chi connectivity index (χ4n) is 1.59. The Hall–Kier alpha value is -1.27. The van der Waals surface area contributed by atoms with Gasteiger partial charge in [0.2, 0.25) is 0 Å². The van der Waals surface area contributed by atoms with E-state index in [1.54, 1.807) is 4.90 Å². The molecule has 0 radical (unpaired) electrons. The number of carbonyl (C=O) groups is 1. The number of terminal acetylenes is 1. The van der Waals surface area contributed by atoms with Crippen LogP contribution in [0.4, 0.5) is 0 Å². The summed E-state index contributed by atoms with van der Waals surface area (Å²) in [6, 6.07) is 5.59. The Balaban J connectivity index is 2.93. The van der Waals surface area contributed by atoms with Gasteiger partial charge in [-0.25, -0.2) is 0 Å². The zero-order valence-corrected chi connectivity index (χ0v) is 11.8. The van der Waals surface area contributed by atoms with E-state index in [1.165, 1.54) is 0 Å². The van der Waals surface area contributed by atoms with E-state index in [4.69, 9.17) is 6.42 Å². The van der Waals surface area contributed by atoms with Crippen molar-refractivity contribution in [3.05, 3.63) is 33.8 Å². The maximum Gasteiger partial charge on any atom is 0.254 e. The lowest BCUT2D eigenvalue weighted by Gasteiger charge is -2.19. The molecule has 2 nitrogen and oxygen atoms in total. The largest absolute Gasteiger partial charge is 0.328 e. The van der Waals surface area contributed by atoms with E-state index in [-0.39, 0.29) is 5.91 Å². The van der Waals surface area contributed by atoms with Crippen molar-refractivity contribution in [2.45, 2.75) is 20.3 Å².